The second kappa shape index (κ2) is 10.0. The number of hydrogen-bond donors (Lipinski definition) is 3. The number of hydrogen-bond acceptors (Lipinski definition) is 5. The highest BCUT2D eigenvalue weighted by Gasteiger charge is 2.43. The van der Waals surface area contributed by atoms with Gasteiger partial charge in [-0.05, 0) is 63.7 Å². The fraction of sp³-hybridized carbons (Fsp3) is 0.129. The van der Waals surface area contributed by atoms with E-state index in [9.17, 15) is 18.4 Å². The summed E-state index contributed by atoms with van der Waals surface area (Å²) in [5.41, 5.74) is 6.53. The number of halogens is 2. The Kier molecular flexibility index (Phi) is 6.36. The highest BCUT2D eigenvalue weighted by atomic mass is 19.1. The third-order valence-corrected chi connectivity index (χ3v) is 7.19. The quantitative estimate of drug-likeness (QED) is 0.222. The number of amides is 2. The number of amidine groups is 1. The third kappa shape index (κ3) is 4.50. The summed E-state index contributed by atoms with van der Waals surface area (Å²) in [6, 6.07) is 21.5. The van der Waals surface area contributed by atoms with Gasteiger partial charge >= 0.3 is 6.09 Å². The predicted octanol–water partition coefficient (Wildman–Crippen LogP) is 5.77. The molecule has 40 heavy (non-hydrogen) atoms. The molecule has 2 aliphatic rings. The van der Waals surface area contributed by atoms with Gasteiger partial charge in [0.05, 0.1) is 7.11 Å². The number of carbonyl (C=O) groups is 2. The third-order valence-electron chi connectivity index (χ3n) is 7.19. The van der Waals surface area contributed by atoms with Crippen molar-refractivity contribution in [3.63, 3.8) is 0 Å². The molecule has 4 aromatic carbocycles. The molecule has 0 aromatic heterocycles. The van der Waals surface area contributed by atoms with Crippen LogP contribution in [0, 0.1) is 17.0 Å². The van der Waals surface area contributed by atoms with Gasteiger partial charge in [0.2, 0.25) is 0 Å². The van der Waals surface area contributed by atoms with Gasteiger partial charge in [0, 0.05) is 29.3 Å². The first kappa shape index (κ1) is 25.4. The minimum Gasteiger partial charge on any atom is -0.453 e. The van der Waals surface area contributed by atoms with Gasteiger partial charge in [-0.1, -0.05) is 42.5 Å². The Labute approximate surface area is 228 Å². The molecular weight excluding hydrogens is 516 g/mol. The van der Waals surface area contributed by atoms with Crippen molar-refractivity contribution in [3.05, 3.63) is 129 Å². The summed E-state index contributed by atoms with van der Waals surface area (Å²) in [5, 5.41) is 13.1. The van der Waals surface area contributed by atoms with Crippen LogP contribution in [0.3, 0.4) is 0 Å². The molecule has 200 valence electrons. The predicted molar refractivity (Wildman–Crippen MR) is 143 cm³/mol. The molecule has 0 fully saturated rings. The van der Waals surface area contributed by atoms with E-state index in [0.717, 1.165) is 33.9 Å². The van der Waals surface area contributed by atoms with Crippen LogP contribution < -0.4 is 10.6 Å². The van der Waals surface area contributed by atoms with Crippen molar-refractivity contribution in [2.75, 3.05) is 7.11 Å². The Morgan fingerprint density at radius 2 is 1.52 bits per heavy atom. The van der Waals surface area contributed by atoms with Crippen molar-refractivity contribution in [3.8, 4) is 11.1 Å². The first-order chi connectivity index (χ1) is 19.3. The average molecular weight is 540 g/mol. The molecule has 2 bridgehead atoms. The van der Waals surface area contributed by atoms with Gasteiger partial charge in [0.15, 0.2) is 0 Å². The van der Waals surface area contributed by atoms with E-state index in [0.29, 0.717) is 22.3 Å². The minimum absolute atomic E-state index is 0.0893. The lowest BCUT2D eigenvalue weighted by atomic mass is 9.83. The SMILES string of the molecule is COC(=O)NC(=N)c1ccc(CNC(=O)c2ccc3c(c2)[C@@H]2O[C@H]3c3ccc(-c4ccc(F)cc4F)cc32)cc1. The van der Waals surface area contributed by atoms with Gasteiger partial charge in [-0.2, -0.15) is 0 Å². The highest BCUT2D eigenvalue weighted by Crippen LogP contribution is 2.54. The van der Waals surface area contributed by atoms with E-state index in [1.165, 1.54) is 19.2 Å². The molecule has 0 spiro atoms. The summed E-state index contributed by atoms with van der Waals surface area (Å²) < 4.78 is 38.6. The van der Waals surface area contributed by atoms with Crippen LogP contribution in [0.2, 0.25) is 0 Å². The lowest BCUT2D eigenvalue weighted by Gasteiger charge is -2.18. The van der Waals surface area contributed by atoms with E-state index in [1.54, 1.807) is 30.3 Å². The maximum Gasteiger partial charge on any atom is 0.412 e. The van der Waals surface area contributed by atoms with Crippen molar-refractivity contribution in [2.45, 2.75) is 18.8 Å². The van der Waals surface area contributed by atoms with E-state index in [2.05, 4.69) is 15.4 Å². The maximum atomic E-state index is 14.4. The summed E-state index contributed by atoms with van der Waals surface area (Å²) in [5.74, 6) is -1.60. The Bertz CT molecular complexity index is 1690. The molecule has 2 amide bonds. The normalized spacial score (nSPS) is 16.2. The number of rotatable bonds is 5. The standard InChI is InChI=1S/C31H23F2N3O4/c1-39-31(38)36-29(34)17-4-2-16(3-5-17)15-35-30(37)19-7-10-23-25(13-19)28-24-12-18(6-9-22(24)27(23)40-28)21-11-8-20(32)14-26(21)33/h2-14,27-28H,15H2,1H3,(H,35,37)(H2,34,36,38)/t27-,28+/m0/s1. The van der Waals surface area contributed by atoms with Gasteiger partial charge in [0.25, 0.3) is 5.91 Å². The van der Waals surface area contributed by atoms with Crippen LogP contribution in [0.4, 0.5) is 13.6 Å². The topological polar surface area (TPSA) is 101 Å². The molecule has 2 atom stereocenters. The molecule has 2 heterocycles. The number of alkyl carbamates (subject to hydrolysis) is 1. The molecule has 0 aliphatic carbocycles. The van der Waals surface area contributed by atoms with E-state index in [4.69, 9.17) is 10.1 Å². The van der Waals surface area contributed by atoms with Gasteiger partial charge in [-0.3, -0.25) is 15.5 Å². The largest absolute Gasteiger partial charge is 0.453 e. The maximum absolute atomic E-state index is 14.4. The smallest absolute Gasteiger partial charge is 0.412 e. The van der Waals surface area contributed by atoms with Crippen molar-refractivity contribution in [1.82, 2.24) is 10.6 Å². The van der Waals surface area contributed by atoms with Gasteiger partial charge in [-0.25, -0.2) is 13.6 Å². The van der Waals surface area contributed by atoms with Gasteiger partial charge in [-0.15, -0.1) is 0 Å². The summed E-state index contributed by atoms with van der Waals surface area (Å²) in [6.45, 7) is 0.270. The number of ether oxygens (including phenoxy) is 2. The summed E-state index contributed by atoms with van der Waals surface area (Å²) in [6.07, 6.45) is -1.36. The molecule has 0 unspecified atom stereocenters. The second-order valence-corrected chi connectivity index (χ2v) is 9.58. The lowest BCUT2D eigenvalue weighted by molar-refractivity contribution is 0.0857. The zero-order chi connectivity index (χ0) is 28.0. The Morgan fingerprint density at radius 1 is 0.850 bits per heavy atom. The number of nitrogens with one attached hydrogen (secondary N) is 3. The zero-order valence-corrected chi connectivity index (χ0v) is 21.3. The van der Waals surface area contributed by atoms with Crippen LogP contribution in [-0.4, -0.2) is 24.9 Å². The van der Waals surface area contributed by atoms with Gasteiger partial charge in [0.1, 0.15) is 29.7 Å². The number of carbonyl (C=O) groups excluding carboxylic acids is 2. The number of methoxy groups -OCH3 is 1. The van der Waals surface area contributed by atoms with Crippen LogP contribution in [-0.2, 0) is 16.0 Å². The number of benzene rings is 4. The molecule has 3 N–H and O–H groups in total. The highest BCUT2D eigenvalue weighted by molar-refractivity contribution is 6.04. The van der Waals surface area contributed by atoms with E-state index < -0.39 is 17.7 Å². The van der Waals surface area contributed by atoms with Crippen molar-refractivity contribution >= 4 is 17.8 Å². The molecule has 2 aliphatic heterocycles. The van der Waals surface area contributed by atoms with Crippen LogP contribution in [0.25, 0.3) is 11.1 Å². The van der Waals surface area contributed by atoms with Gasteiger partial charge < -0.3 is 14.8 Å². The Balaban J connectivity index is 1.16. The van der Waals surface area contributed by atoms with Crippen molar-refractivity contribution in [2.24, 2.45) is 0 Å². The fourth-order valence-corrected chi connectivity index (χ4v) is 5.18. The van der Waals surface area contributed by atoms with Crippen LogP contribution in [0.5, 0.6) is 0 Å². The fourth-order valence-electron chi connectivity index (χ4n) is 5.18. The molecule has 0 radical (unpaired) electrons. The average Bonchev–Trinajstić information content (AvgIpc) is 3.53. The molecule has 6 rings (SSSR count). The lowest BCUT2D eigenvalue weighted by Crippen LogP contribution is -2.30. The first-order valence-corrected chi connectivity index (χ1v) is 12.5. The van der Waals surface area contributed by atoms with Crippen molar-refractivity contribution in [1.29, 1.82) is 5.41 Å². The zero-order valence-electron chi connectivity index (χ0n) is 21.3. The van der Waals surface area contributed by atoms with Crippen LogP contribution in [0.15, 0.2) is 78.9 Å². The molecular formula is C31H23F2N3O4. The summed E-state index contributed by atoms with van der Waals surface area (Å²) in [4.78, 5) is 24.3. The Morgan fingerprint density at radius 3 is 2.25 bits per heavy atom. The first-order valence-electron chi connectivity index (χ1n) is 12.5. The molecule has 0 saturated heterocycles. The van der Waals surface area contributed by atoms with Crippen molar-refractivity contribution < 1.29 is 27.8 Å². The van der Waals surface area contributed by atoms with E-state index >= 15 is 0 Å². The summed E-state index contributed by atoms with van der Waals surface area (Å²) >= 11 is 0. The second-order valence-electron chi connectivity index (χ2n) is 9.58. The molecule has 4 aromatic rings. The van der Waals surface area contributed by atoms with Crippen LogP contribution >= 0.6 is 0 Å². The molecule has 7 nitrogen and oxygen atoms in total. The summed E-state index contributed by atoms with van der Waals surface area (Å²) in [7, 11) is 1.22. The van der Waals surface area contributed by atoms with E-state index in [1.807, 2.05) is 30.3 Å². The van der Waals surface area contributed by atoms with Crippen LogP contribution in [0.1, 0.15) is 55.9 Å². The monoisotopic (exact) mass is 539 g/mol. The Hall–Kier alpha value is -4.89. The van der Waals surface area contributed by atoms with E-state index in [-0.39, 0.29) is 30.5 Å². The molecule has 9 heteroatoms. The molecule has 0 saturated carbocycles. The number of fused-ring (bicyclic) bond motifs is 8. The minimum atomic E-state index is -0.722.